The van der Waals surface area contributed by atoms with Gasteiger partial charge in [0.1, 0.15) is 0 Å². The molecule has 1 aromatic carbocycles. The summed E-state index contributed by atoms with van der Waals surface area (Å²) in [5.74, 6) is -1.54. The molecule has 2 N–H and O–H groups in total. The van der Waals surface area contributed by atoms with Crippen molar-refractivity contribution < 1.29 is 14.7 Å². The monoisotopic (exact) mass is 351 g/mol. The van der Waals surface area contributed by atoms with Gasteiger partial charge in [-0.2, -0.15) is 0 Å². The molecule has 0 spiro atoms. The van der Waals surface area contributed by atoms with Gasteiger partial charge in [0.05, 0.1) is 22.5 Å². The Morgan fingerprint density at radius 1 is 1.09 bits per heavy atom. The average Bonchev–Trinajstić information content (AvgIpc) is 3.32. The van der Waals surface area contributed by atoms with Gasteiger partial charge in [-0.3, -0.25) is 9.59 Å². The van der Waals surface area contributed by atoms with Gasteiger partial charge >= 0.3 is 5.97 Å². The van der Waals surface area contributed by atoms with Gasteiger partial charge in [-0.1, -0.05) is 35.4 Å². The third-order valence-electron chi connectivity index (χ3n) is 5.43. The molecule has 2 fully saturated rings. The van der Waals surface area contributed by atoms with Crippen LogP contribution in [0.15, 0.2) is 30.4 Å². The summed E-state index contributed by atoms with van der Waals surface area (Å²) in [5, 5.41) is 13.2. The molecule has 1 amide bonds. The number of nitrogens with one attached hydrogen (secondary N) is 1. The van der Waals surface area contributed by atoms with E-state index in [4.69, 9.17) is 23.2 Å². The lowest BCUT2D eigenvalue weighted by molar-refractivity contribution is -0.152. The van der Waals surface area contributed by atoms with E-state index in [1.165, 1.54) is 0 Å². The molecule has 0 aliphatic heterocycles. The molecule has 6 atom stereocenters. The number of carboxylic acids is 1. The molecule has 4 nitrogen and oxygen atoms in total. The number of carboxylic acid groups (broad SMARTS) is 1. The Morgan fingerprint density at radius 2 is 1.74 bits per heavy atom. The third-order valence-corrected chi connectivity index (χ3v) is 5.99. The summed E-state index contributed by atoms with van der Waals surface area (Å²) in [6.45, 7) is 0. The molecule has 2 saturated carbocycles. The van der Waals surface area contributed by atoms with Crippen LogP contribution in [0, 0.1) is 35.5 Å². The summed E-state index contributed by atoms with van der Waals surface area (Å²) in [6, 6.07) is 4.83. The molecule has 4 aliphatic rings. The zero-order valence-electron chi connectivity index (χ0n) is 12.1. The van der Waals surface area contributed by atoms with Crippen molar-refractivity contribution in [3.8, 4) is 0 Å². The van der Waals surface area contributed by atoms with E-state index in [0.29, 0.717) is 27.6 Å². The van der Waals surface area contributed by atoms with Crippen LogP contribution in [0.1, 0.15) is 6.42 Å². The first kappa shape index (κ1) is 15.0. The Hall–Kier alpha value is -1.52. The van der Waals surface area contributed by atoms with Crippen molar-refractivity contribution in [3.63, 3.8) is 0 Å². The second-order valence-electron chi connectivity index (χ2n) is 6.61. The normalized spacial score (nSPS) is 36.4. The Bertz CT molecular complexity index is 733. The molecule has 0 heterocycles. The fourth-order valence-electron chi connectivity index (χ4n) is 4.38. The van der Waals surface area contributed by atoms with E-state index in [0.717, 1.165) is 6.42 Å². The highest BCUT2D eigenvalue weighted by molar-refractivity contribution is 6.35. The van der Waals surface area contributed by atoms with Crippen LogP contribution in [0.5, 0.6) is 0 Å². The maximum Gasteiger partial charge on any atom is 0.307 e. The number of fused-ring (bicyclic) bond motifs is 1. The number of amides is 1. The topological polar surface area (TPSA) is 66.4 Å². The SMILES string of the molecule is O=C(O)[C@H]1[C@@H]2C=C[C@H]([C@H]3C[C@H]23)[C@@H]1C(=O)Nc1cc(Cl)ccc1Cl. The minimum Gasteiger partial charge on any atom is -0.481 e. The molecule has 4 aliphatic carbocycles. The van der Waals surface area contributed by atoms with Gasteiger partial charge in [-0.25, -0.2) is 0 Å². The van der Waals surface area contributed by atoms with E-state index in [9.17, 15) is 14.7 Å². The number of halogens is 2. The number of carbonyl (C=O) groups is 2. The highest BCUT2D eigenvalue weighted by atomic mass is 35.5. The predicted molar refractivity (Wildman–Crippen MR) is 87.4 cm³/mol. The Kier molecular flexibility index (Phi) is 3.43. The van der Waals surface area contributed by atoms with Crippen LogP contribution in [-0.4, -0.2) is 17.0 Å². The first-order chi connectivity index (χ1) is 11.0. The number of allylic oxidation sites excluding steroid dienone is 2. The fraction of sp³-hybridized carbons (Fsp3) is 0.412. The summed E-state index contributed by atoms with van der Waals surface area (Å²) in [5.41, 5.74) is 0.422. The fourth-order valence-corrected chi connectivity index (χ4v) is 4.72. The van der Waals surface area contributed by atoms with E-state index in [-0.39, 0.29) is 17.7 Å². The molecule has 0 radical (unpaired) electrons. The van der Waals surface area contributed by atoms with Crippen LogP contribution in [0.2, 0.25) is 10.0 Å². The van der Waals surface area contributed by atoms with Gasteiger partial charge in [0.25, 0.3) is 0 Å². The van der Waals surface area contributed by atoms with E-state index in [1.54, 1.807) is 18.2 Å². The molecule has 5 rings (SSSR count). The molecule has 0 unspecified atom stereocenters. The highest BCUT2D eigenvalue weighted by Gasteiger charge is 2.62. The maximum absolute atomic E-state index is 12.8. The maximum atomic E-state index is 12.8. The molecule has 0 aromatic heterocycles. The standard InChI is InChI=1S/C17H15Cl2NO3/c18-7-1-4-12(19)13(5-7)20-16(21)14-8-2-3-9(11-6-10(8)11)15(14)17(22)23/h1-5,8-11,14-15H,6H2,(H,20,21)(H,22,23)/t8-,9-,10-,11-,14+,15+/m1/s1. The number of aliphatic carboxylic acids is 1. The summed E-state index contributed by atoms with van der Waals surface area (Å²) in [6.07, 6.45) is 5.05. The lowest BCUT2D eigenvalue weighted by Gasteiger charge is -2.41. The zero-order valence-corrected chi connectivity index (χ0v) is 13.6. The van der Waals surface area contributed by atoms with Crippen LogP contribution in [-0.2, 0) is 9.59 Å². The van der Waals surface area contributed by atoms with Crippen LogP contribution in [0.4, 0.5) is 5.69 Å². The number of anilines is 1. The highest BCUT2D eigenvalue weighted by Crippen LogP contribution is 2.63. The summed E-state index contributed by atoms with van der Waals surface area (Å²) in [7, 11) is 0. The van der Waals surface area contributed by atoms with Crippen molar-refractivity contribution in [2.75, 3.05) is 5.32 Å². The van der Waals surface area contributed by atoms with E-state index in [1.807, 2.05) is 12.2 Å². The lowest BCUT2D eigenvalue weighted by atomic mass is 9.62. The second-order valence-corrected chi connectivity index (χ2v) is 7.45. The van der Waals surface area contributed by atoms with Crippen LogP contribution >= 0.6 is 23.2 Å². The number of carbonyl (C=O) groups excluding carboxylic acids is 1. The molecule has 6 heteroatoms. The molecule has 1 aromatic rings. The first-order valence-electron chi connectivity index (χ1n) is 7.64. The summed E-state index contributed by atoms with van der Waals surface area (Å²) < 4.78 is 0. The number of hydrogen-bond acceptors (Lipinski definition) is 2. The predicted octanol–water partition coefficient (Wildman–Crippen LogP) is 3.70. The quantitative estimate of drug-likeness (QED) is 0.816. The van der Waals surface area contributed by atoms with Crippen molar-refractivity contribution in [3.05, 3.63) is 40.4 Å². The van der Waals surface area contributed by atoms with E-state index < -0.39 is 17.8 Å². The Balaban J connectivity index is 1.63. The number of hydrogen-bond donors (Lipinski definition) is 2. The van der Waals surface area contributed by atoms with Crippen LogP contribution in [0.3, 0.4) is 0 Å². The lowest BCUT2D eigenvalue weighted by Crippen LogP contribution is -2.48. The molecular weight excluding hydrogens is 337 g/mol. The van der Waals surface area contributed by atoms with Crippen molar-refractivity contribution in [2.45, 2.75) is 6.42 Å². The van der Waals surface area contributed by atoms with Crippen molar-refractivity contribution in [1.29, 1.82) is 0 Å². The Morgan fingerprint density at radius 3 is 2.39 bits per heavy atom. The second kappa shape index (κ2) is 5.25. The largest absolute Gasteiger partial charge is 0.481 e. The van der Waals surface area contributed by atoms with Gasteiger partial charge in [0.15, 0.2) is 0 Å². The van der Waals surface area contributed by atoms with Gasteiger partial charge in [0.2, 0.25) is 5.91 Å². The van der Waals surface area contributed by atoms with E-state index >= 15 is 0 Å². The van der Waals surface area contributed by atoms with Crippen molar-refractivity contribution in [1.82, 2.24) is 0 Å². The van der Waals surface area contributed by atoms with E-state index in [2.05, 4.69) is 5.32 Å². The Labute approximate surface area is 143 Å². The van der Waals surface area contributed by atoms with Gasteiger partial charge < -0.3 is 10.4 Å². The molecular formula is C17H15Cl2NO3. The summed E-state index contributed by atoms with van der Waals surface area (Å²) >= 11 is 12.0. The average molecular weight is 352 g/mol. The minimum atomic E-state index is -0.896. The van der Waals surface area contributed by atoms with Crippen LogP contribution in [0.25, 0.3) is 0 Å². The number of rotatable bonds is 3. The van der Waals surface area contributed by atoms with Crippen molar-refractivity contribution >= 4 is 40.8 Å². The smallest absolute Gasteiger partial charge is 0.307 e. The zero-order chi connectivity index (χ0) is 16.3. The minimum absolute atomic E-state index is 0.00376. The number of benzene rings is 1. The molecule has 2 bridgehead atoms. The molecule has 0 saturated heterocycles. The van der Waals surface area contributed by atoms with Crippen molar-refractivity contribution in [2.24, 2.45) is 35.5 Å². The summed E-state index contributed by atoms with van der Waals surface area (Å²) in [4.78, 5) is 24.5. The third kappa shape index (κ3) is 2.36. The molecule has 23 heavy (non-hydrogen) atoms. The van der Waals surface area contributed by atoms with Gasteiger partial charge in [-0.05, 0) is 48.3 Å². The van der Waals surface area contributed by atoms with Gasteiger partial charge in [-0.15, -0.1) is 0 Å². The molecule has 120 valence electrons. The first-order valence-corrected chi connectivity index (χ1v) is 8.40. The van der Waals surface area contributed by atoms with Gasteiger partial charge in [0, 0.05) is 5.02 Å². The van der Waals surface area contributed by atoms with Crippen LogP contribution < -0.4 is 5.32 Å².